The van der Waals surface area contributed by atoms with Gasteiger partial charge in [0.1, 0.15) is 11.9 Å². The summed E-state index contributed by atoms with van der Waals surface area (Å²) in [6.07, 6.45) is 3.35. The first-order chi connectivity index (χ1) is 9.63. The molecule has 108 valence electrons. The lowest BCUT2D eigenvalue weighted by atomic mass is 10.1. The predicted octanol–water partition coefficient (Wildman–Crippen LogP) is 1.40. The van der Waals surface area contributed by atoms with Crippen LogP contribution in [-0.2, 0) is 11.3 Å². The van der Waals surface area contributed by atoms with E-state index in [4.69, 9.17) is 0 Å². The summed E-state index contributed by atoms with van der Waals surface area (Å²) in [5.41, 5.74) is 7.64. The van der Waals surface area contributed by atoms with E-state index in [0.29, 0.717) is 18.2 Å². The van der Waals surface area contributed by atoms with Crippen LogP contribution in [0.15, 0.2) is 18.2 Å². The van der Waals surface area contributed by atoms with E-state index in [1.165, 1.54) is 18.9 Å². The molecular weight excluding hydrogens is 257 g/mol. The molecule has 3 rings (SSSR count). The summed E-state index contributed by atoms with van der Waals surface area (Å²) >= 11 is 0. The van der Waals surface area contributed by atoms with Gasteiger partial charge in [-0.3, -0.25) is 10.2 Å². The molecule has 1 saturated heterocycles. The lowest BCUT2D eigenvalue weighted by Gasteiger charge is -2.11. The number of hydrogen-bond donors (Lipinski definition) is 3. The molecule has 1 heterocycles. The minimum Gasteiger partial charge on any atom is -0.351 e. The third-order valence-electron chi connectivity index (χ3n) is 4.14. The Morgan fingerprint density at radius 3 is 2.90 bits per heavy atom. The molecule has 3 N–H and O–H groups in total. The molecule has 2 atom stereocenters. The van der Waals surface area contributed by atoms with Crippen LogP contribution >= 0.6 is 0 Å². The van der Waals surface area contributed by atoms with Crippen molar-refractivity contribution in [2.75, 3.05) is 0 Å². The molecule has 1 aliphatic heterocycles. The summed E-state index contributed by atoms with van der Waals surface area (Å²) < 4.78 is 13.4. The molecule has 1 aromatic carbocycles. The molecule has 0 spiro atoms. The molecule has 2 aliphatic rings. The molecule has 4 nitrogen and oxygen atoms in total. The highest BCUT2D eigenvalue weighted by Gasteiger charge is 2.38. The lowest BCUT2D eigenvalue weighted by Crippen LogP contribution is -2.43. The van der Waals surface area contributed by atoms with Gasteiger partial charge < -0.3 is 5.32 Å². The number of halogens is 1. The molecule has 0 aromatic heterocycles. The van der Waals surface area contributed by atoms with Crippen molar-refractivity contribution in [2.45, 2.75) is 44.8 Å². The smallest absolute Gasteiger partial charge is 0.238 e. The minimum atomic E-state index is -0.230. The fraction of sp³-hybridized carbons (Fsp3) is 0.533. The summed E-state index contributed by atoms with van der Waals surface area (Å²) in [4.78, 5) is 12.1. The van der Waals surface area contributed by atoms with Crippen molar-refractivity contribution >= 4 is 5.91 Å². The highest BCUT2D eigenvalue weighted by Crippen LogP contribution is 2.35. The van der Waals surface area contributed by atoms with Gasteiger partial charge in [-0.25, -0.2) is 9.82 Å². The van der Waals surface area contributed by atoms with Gasteiger partial charge in [0.25, 0.3) is 0 Å². The molecule has 1 aromatic rings. The number of carbonyl (C=O) groups is 1. The standard InChI is InChI=1S/C15H20FN3O/c1-9-2-3-10(6-12(9)16)8-17-15(20)14-7-13(18-19-14)11-4-5-11/h2-3,6,11,13-14,18-19H,4-5,7-8H2,1H3,(H,17,20). The molecule has 2 fully saturated rings. The van der Waals surface area contributed by atoms with E-state index in [2.05, 4.69) is 16.2 Å². The fourth-order valence-electron chi connectivity index (χ4n) is 2.62. The molecule has 1 saturated carbocycles. The second kappa shape index (κ2) is 5.50. The van der Waals surface area contributed by atoms with Gasteiger partial charge in [0.05, 0.1) is 0 Å². The maximum absolute atomic E-state index is 13.4. The first kappa shape index (κ1) is 13.5. The van der Waals surface area contributed by atoms with Gasteiger partial charge in [0.2, 0.25) is 5.91 Å². The van der Waals surface area contributed by atoms with Crippen LogP contribution in [0, 0.1) is 18.7 Å². The van der Waals surface area contributed by atoms with Gasteiger partial charge in [-0.05, 0) is 49.3 Å². The van der Waals surface area contributed by atoms with Crippen molar-refractivity contribution in [2.24, 2.45) is 5.92 Å². The molecule has 2 unspecified atom stereocenters. The Morgan fingerprint density at radius 1 is 1.40 bits per heavy atom. The number of hydrazine groups is 1. The van der Waals surface area contributed by atoms with Gasteiger partial charge in [-0.2, -0.15) is 0 Å². The number of benzene rings is 1. The second-order valence-corrected chi connectivity index (χ2v) is 5.82. The van der Waals surface area contributed by atoms with Crippen molar-refractivity contribution in [3.05, 3.63) is 35.1 Å². The highest BCUT2D eigenvalue weighted by molar-refractivity contribution is 5.82. The maximum atomic E-state index is 13.4. The topological polar surface area (TPSA) is 53.2 Å². The van der Waals surface area contributed by atoms with Crippen LogP contribution in [0.3, 0.4) is 0 Å². The minimum absolute atomic E-state index is 0.0263. The quantitative estimate of drug-likeness (QED) is 0.779. The Morgan fingerprint density at radius 2 is 2.20 bits per heavy atom. The van der Waals surface area contributed by atoms with Crippen LogP contribution in [-0.4, -0.2) is 18.0 Å². The zero-order valence-corrected chi connectivity index (χ0v) is 11.6. The largest absolute Gasteiger partial charge is 0.351 e. The van der Waals surface area contributed by atoms with E-state index in [9.17, 15) is 9.18 Å². The van der Waals surface area contributed by atoms with E-state index >= 15 is 0 Å². The van der Waals surface area contributed by atoms with Gasteiger partial charge in [0.15, 0.2) is 0 Å². The summed E-state index contributed by atoms with van der Waals surface area (Å²) in [5, 5.41) is 2.86. The average molecular weight is 277 g/mol. The van der Waals surface area contributed by atoms with E-state index in [-0.39, 0.29) is 17.8 Å². The van der Waals surface area contributed by atoms with Crippen LogP contribution in [0.2, 0.25) is 0 Å². The van der Waals surface area contributed by atoms with E-state index in [1.807, 2.05) is 6.07 Å². The Bertz CT molecular complexity index is 516. The van der Waals surface area contributed by atoms with Crippen molar-refractivity contribution in [1.82, 2.24) is 16.2 Å². The van der Waals surface area contributed by atoms with E-state index < -0.39 is 0 Å². The van der Waals surface area contributed by atoms with Crippen LogP contribution in [0.25, 0.3) is 0 Å². The zero-order chi connectivity index (χ0) is 14.1. The average Bonchev–Trinajstić information content (AvgIpc) is 3.17. The van der Waals surface area contributed by atoms with Gasteiger partial charge >= 0.3 is 0 Å². The number of nitrogens with one attached hydrogen (secondary N) is 3. The summed E-state index contributed by atoms with van der Waals surface area (Å²) in [6.45, 7) is 2.09. The van der Waals surface area contributed by atoms with Gasteiger partial charge in [-0.15, -0.1) is 0 Å². The summed E-state index contributed by atoms with van der Waals surface area (Å²) in [7, 11) is 0. The first-order valence-corrected chi connectivity index (χ1v) is 7.17. The number of amides is 1. The zero-order valence-electron chi connectivity index (χ0n) is 11.6. The van der Waals surface area contributed by atoms with Crippen LogP contribution in [0.1, 0.15) is 30.4 Å². The van der Waals surface area contributed by atoms with Crippen molar-refractivity contribution in [3.63, 3.8) is 0 Å². The third-order valence-corrected chi connectivity index (χ3v) is 4.14. The Kier molecular flexibility index (Phi) is 3.72. The second-order valence-electron chi connectivity index (χ2n) is 5.82. The predicted molar refractivity (Wildman–Crippen MR) is 74.2 cm³/mol. The fourth-order valence-corrected chi connectivity index (χ4v) is 2.62. The van der Waals surface area contributed by atoms with Crippen molar-refractivity contribution in [3.8, 4) is 0 Å². The summed E-state index contributed by atoms with van der Waals surface area (Å²) in [5.74, 6) is 0.472. The van der Waals surface area contributed by atoms with E-state index in [0.717, 1.165) is 17.9 Å². The monoisotopic (exact) mass is 277 g/mol. The normalized spacial score (nSPS) is 25.7. The third kappa shape index (κ3) is 2.99. The highest BCUT2D eigenvalue weighted by atomic mass is 19.1. The molecular formula is C15H20FN3O. The summed E-state index contributed by atoms with van der Waals surface area (Å²) in [6, 6.07) is 5.28. The number of hydrogen-bond acceptors (Lipinski definition) is 3. The van der Waals surface area contributed by atoms with Crippen molar-refractivity contribution in [1.29, 1.82) is 0 Å². The van der Waals surface area contributed by atoms with Gasteiger partial charge in [0, 0.05) is 12.6 Å². The maximum Gasteiger partial charge on any atom is 0.238 e. The van der Waals surface area contributed by atoms with Crippen molar-refractivity contribution < 1.29 is 9.18 Å². The van der Waals surface area contributed by atoms with Crippen LogP contribution in [0.4, 0.5) is 4.39 Å². The Balaban J connectivity index is 1.50. The molecule has 1 aliphatic carbocycles. The van der Waals surface area contributed by atoms with Crippen LogP contribution in [0.5, 0.6) is 0 Å². The molecule has 5 heteroatoms. The van der Waals surface area contributed by atoms with Crippen LogP contribution < -0.4 is 16.2 Å². The van der Waals surface area contributed by atoms with Gasteiger partial charge in [-0.1, -0.05) is 12.1 Å². The molecule has 1 amide bonds. The first-order valence-electron chi connectivity index (χ1n) is 7.17. The number of rotatable bonds is 4. The molecule has 0 radical (unpaired) electrons. The number of aryl methyl sites for hydroxylation is 1. The molecule has 0 bridgehead atoms. The van der Waals surface area contributed by atoms with E-state index in [1.54, 1.807) is 13.0 Å². The number of carbonyl (C=O) groups excluding carboxylic acids is 1. The SMILES string of the molecule is Cc1ccc(CNC(=O)C2CC(C3CC3)NN2)cc1F. The molecule has 20 heavy (non-hydrogen) atoms. The Hall–Kier alpha value is -1.46. The Labute approximate surface area is 118 Å². The lowest BCUT2D eigenvalue weighted by molar-refractivity contribution is -0.123.